The third-order valence-corrected chi connectivity index (χ3v) is 3.98. The summed E-state index contributed by atoms with van der Waals surface area (Å²) in [6, 6.07) is 6.85. The molecule has 1 N–H and O–H groups in total. The highest BCUT2D eigenvalue weighted by atomic mass is 15.2. The number of nitrogens with zero attached hydrogens (tertiary/aromatic N) is 3. The fraction of sp³-hybridized carbons (Fsp3) is 0.706. The van der Waals surface area contributed by atoms with E-state index < -0.39 is 0 Å². The Labute approximate surface area is 129 Å². The summed E-state index contributed by atoms with van der Waals surface area (Å²) in [5.74, 6) is 0. The Kier molecular flexibility index (Phi) is 6.61. The molecule has 1 aliphatic rings. The van der Waals surface area contributed by atoms with Crippen molar-refractivity contribution in [3.8, 4) is 0 Å². The molecule has 0 unspecified atom stereocenters. The quantitative estimate of drug-likeness (QED) is 0.794. The van der Waals surface area contributed by atoms with E-state index in [1.54, 1.807) is 0 Å². The van der Waals surface area contributed by atoms with Gasteiger partial charge in [0.1, 0.15) is 0 Å². The van der Waals surface area contributed by atoms with E-state index in [-0.39, 0.29) is 0 Å². The lowest BCUT2D eigenvalue weighted by Gasteiger charge is -2.21. The maximum atomic E-state index is 4.75. The Morgan fingerprint density at radius 1 is 1.24 bits per heavy atom. The smallest absolute Gasteiger partial charge is 0.0547 e. The van der Waals surface area contributed by atoms with Gasteiger partial charge in [-0.05, 0) is 45.1 Å². The second kappa shape index (κ2) is 8.47. The summed E-state index contributed by atoms with van der Waals surface area (Å²) in [5.41, 5.74) is 2.30. The fourth-order valence-electron chi connectivity index (χ4n) is 2.70. The highest BCUT2D eigenvalue weighted by Gasteiger charge is 2.12. The van der Waals surface area contributed by atoms with Crippen LogP contribution in [-0.2, 0) is 13.1 Å². The molecule has 0 bridgehead atoms. The third kappa shape index (κ3) is 6.12. The van der Waals surface area contributed by atoms with Crippen molar-refractivity contribution in [2.24, 2.45) is 0 Å². The largest absolute Gasteiger partial charge is 0.309 e. The molecule has 21 heavy (non-hydrogen) atoms. The Bertz CT molecular complexity index is 413. The van der Waals surface area contributed by atoms with Gasteiger partial charge in [-0.2, -0.15) is 0 Å². The summed E-state index contributed by atoms with van der Waals surface area (Å²) < 4.78 is 0. The molecule has 0 spiro atoms. The van der Waals surface area contributed by atoms with Gasteiger partial charge in [0.15, 0.2) is 0 Å². The molecule has 1 saturated heterocycles. The number of hydrogen-bond acceptors (Lipinski definition) is 4. The van der Waals surface area contributed by atoms with Gasteiger partial charge < -0.3 is 10.2 Å². The summed E-state index contributed by atoms with van der Waals surface area (Å²) in [6.07, 6.45) is 2.74. The summed E-state index contributed by atoms with van der Waals surface area (Å²) in [6.45, 7) is 11.0. The van der Waals surface area contributed by atoms with Crippen molar-refractivity contribution >= 4 is 0 Å². The fourth-order valence-corrected chi connectivity index (χ4v) is 2.70. The predicted molar refractivity (Wildman–Crippen MR) is 88.2 cm³/mol. The van der Waals surface area contributed by atoms with Gasteiger partial charge in [0, 0.05) is 32.2 Å². The third-order valence-electron chi connectivity index (χ3n) is 3.98. The van der Waals surface area contributed by atoms with Gasteiger partial charge in [-0.3, -0.25) is 9.88 Å². The second-order valence-corrected chi connectivity index (χ2v) is 6.44. The van der Waals surface area contributed by atoms with Crippen molar-refractivity contribution in [3.63, 3.8) is 0 Å². The van der Waals surface area contributed by atoms with Crippen molar-refractivity contribution < 1.29 is 0 Å². The maximum Gasteiger partial charge on any atom is 0.0547 e. The number of likely N-dealkylation sites (N-methyl/N-ethyl adjacent to an activating group) is 1. The average Bonchev–Trinajstić information content (AvgIpc) is 2.97. The lowest BCUT2D eigenvalue weighted by Crippen LogP contribution is -2.31. The van der Waals surface area contributed by atoms with Gasteiger partial charge >= 0.3 is 0 Å². The average molecular weight is 290 g/mol. The highest BCUT2D eigenvalue weighted by Crippen LogP contribution is 2.07. The Hall–Kier alpha value is -0.970. The molecule has 4 nitrogen and oxygen atoms in total. The zero-order valence-corrected chi connectivity index (χ0v) is 13.8. The SMILES string of the molecule is CC(C)NCc1cccc(CN(C)CCN2CCCC2)n1. The second-order valence-electron chi connectivity index (χ2n) is 6.44. The minimum Gasteiger partial charge on any atom is -0.309 e. The van der Waals surface area contributed by atoms with Crippen LogP contribution in [0, 0.1) is 0 Å². The number of rotatable bonds is 8. The topological polar surface area (TPSA) is 31.4 Å². The molecule has 0 amide bonds. The Morgan fingerprint density at radius 2 is 1.95 bits per heavy atom. The van der Waals surface area contributed by atoms with E-state index in [0.717, 1.165) is 25.3 Å². The first-order valence-corrected chi connectivity index (χ1v) is 8.22. The Balaban J connectivity index is 1.76. The molecule has 0 saturated carbocycles. The summed E-state index contributed by atoms with van der Waals surface area (Å²) >= 11 is 0. The van der Waals surface area contributed by atoms with E-state index >= 15 is 0 Å². The molecule has 4 heteroatoms. The number of nitrogens with one attached hydrogen (secondary N) is 1. The van der Waals surface area contributed by atoms with Crippen LogP contribution in [0.2, 0.25) is 0 Å². The van der Waals surface area contributed by atoms with E-state index in [9.17, 15) is 0 Å². The van der Waals surface area contributed by atoms with Crippen molar-refractivity contribution in [2.45, 2.75) is 45.8 Å². The zero-order chi connectivity index (χ0) is 15.1. The van der Waals surface area contributed by atoms with Gasteiger partial charge in [0.25, 0.3) is 0 Å². The van der Waals surface area contributed by atoms with Crippen LogP contribution < -0.4 is 5.32 Å². The van der Waals surface area contributed by atoms with Crippen molar-refractivity contribution in [1.82, 2.24) is 20.1 Å². The first kappa shape index (κ1) is 16.4. The molecule has 1 aromatic heterocycles. The zero-order valence-electron chi connectivity index (χ0n) is 13.8. The molecule has 1 fully saturated rings. The van der Waals surface area contributed by atoms with Crippen LogP contribution in [0.4, 0.5) is 0 Å². The molecular formula is C17H30N4. The van der Waals surface area contributed by atoms with Crippen LogP contribution in [0.1, 0.15) is 38.1 Å². The van der Waals surface area contributed by atoms with Crippen molar-refractivity contribution in [2.75, 3.05) is 33.2 Å². The molecule has 0 aliphatic carbocycles. The number of aromatic nitrogens is 1. The molecule has 0 radical (unpaired) electrons. The van der Waals surface area contributed by atoms with Gasteiger partial charge in [-0.25, -0.2) is 0 Å². The van der Waals surface area contributed by atoms with Gasteiger partial charge in [0.05, 0.1) is 11.4 Å². The number of pyridine rings is 1. The van der Waals surface area contributed by atoms with Gasteiger partial charge in [-0.15, -0.1) is 0 Å². The number of likely N-dealkylation sites (tertiary alicyclic amines) is 1. The predicted octanol–water partition coefficient (Wildman–Crippen LogP) is 2.11. The molecule has 2 heterocycles. The molecule has 1 aromatic rings. The molecule has 0 aromatic carbocycles. The standard InChI is InChI=1S/C17H30N4/c1-15(2)18-13-16-7-6-8-17(19-16)14-20(3)11-12-21-9-4-5-10-21/h6-8,15,18H,4-5,9-14H2,1-3H3. The van der Waals surface area contributed by atoms with Gasteiger partial charge in [-0.1, -0.05) is 19.9 Å². The van der Waals surface area contributed by atoms with Crippen LogP contribution in [-0.4, -0.2) is 54.1 Å². The van der Waals surface area contributed by atoms with E-state index in [2.05, 4.69) is 54.2 Å². The lowest BCUT2D eigenvalue weighted by atomic mass is 10.2. The molecule has 118 valence electrons. The van der Waals surface area contributed by atoms with Crippen LogP contribution in [0.25, 0.3) is 0 Å². The Morgan fingerprint density at radius 3 is 2.67 bits per heavy atom. The first-order valence-electron chi connectivity index (χ1n) is 8.22. The van der Waals surface area contributed by atoms with Gasteiger partial charge in [0.2, 0.25) is 0 Å². The van der Waals surface area contributed by atoms with Crippen LogP contribution >= 0.6 is 0 Å². The van der Waals surface area contributed by atoms with E-state index in [1.807, 2.05) is 0 Å². The number of hydrogen-bond donors (Lipinski definition) is 1. The monoisotopic (exact) mass is 290 g/mol. The minimum absolute atomic E-state index is 0.499. The maximum absolute atomic E-state index is 4.75. The van der Waals surface area contributed by atoms with Crippen molar-refractivity contribution in [1.29, 1.82) is 0 Å². The summed E-state index contributed by atoms with van der Waals surface area (Å²) in [7, 11) is 2.19. The van der Waals surface area contributed by atoms with E-state index in [0.29, 0.717) is 6.04 Å². The summed E-state index contributed by atoms with van der Waals surface area (Å²) in [5, 5.41) is 3.42. The molecule has 2 rings (SSSR count). The molecular weight excluding hydrogens is 260 g/mol. The van der Waals surface area contributed by atoms with E-state index in [1.165, 1.54) is 38.2 Å². The highest BCUT2D eigenvalue weighted by molar-refractivity contribution is 5.11. The minimum atomic E-state index is 0.499. The van der Waals surface area contributed by atoms with Crippen molar-refractivity contribution in [3.05, 3.63) is 29.6 Å². The van der Waals surface area contributed by atoms with Crippen LogP contribution in [0.5, 0.6) is 0 Å². The van der Waals surface area contributed by atoms with E-state index in [4.69, 9.17) is 4.98 Å². The molecule has 1 aliphatic heterocycles. The van der Waals surface area contributed by atoms with Crippen LogP contribution in [0.15, 0.2) is 18.2 Å². The first-order chi connectivity index (χ1) is 10.1. The normalized spacial score (nSPS) is 16.2. The lowest BCUT2D eigenvalue weighted by molar-refractivity contribution is 0.250. The summed E-state index contributed by atoms with van der Waals surface area (Å²) in [4.78, 5) is 9.68. The molecule has 0 atom stereocenters. The van der Waals surface area contributed by atoms with Crippen LogP contribution in [0.3, 0.4) is 0 Å².